The van der Waals surface area contributed by atoms with Crippen LogP contribution in [-0.2, 0) is 9.53 Å². The molecule has 3 N–H and O–H groups in total. The largest absolute Gasteiger partial charge is 0.375 e. The summed E-state index contributed by atoms with van der Waals surface area (Å²) in [6.45, 7) is 5.38. The van der Waals surface area contributed by atoms with Crippen LogP contribution in [0.1, 0.15) is 19.8 Å². The molecule has 0 aromatic heterocycles. The van der Waals surface area contributed by atoms with Crippen LogP contribution in [0.2, 0.25) is 0 Å². The van der Waals surface area contributed by atoms with Crippen molar-refractivity contribution in [2.24, 2.45) is 16.6 Å². The van der Waals surface area contributed by atoms with Crippen LogP contribution >= 0.6 is 24.0 Å². The Morgan fingerprint density at radius 2 is 2.26 bits per heavy atom. The molecule has 1 aliphatic heterocycles. The van der Waals surface area contributed by atoms with Crippen molar-refractivity contribution in [2.75, 3.05) is 32.8 Å². The number of halogens is 1. The molecule has 110 valence electrons. The van der Waals surface area contributed by atoms with E-state index in [1.54, 1.807) is 0 Å². The number of rotatable bonds is 4. The van der Waals surface area contributed by atoms with Gasteiger partial charge in [0.15, 0.2) is 5.96 Å². The van der Waals surface area contributed by atoms with E-state index in [9.17, 15) is 4.79 Å². The molecule has 1 unspecified atom stereocenters. The first kappa shape index (κ1) is 16.5. The molecule has 2 aliphatic rings. The molecule has 2 rings (SSSR count). The summed E-state index contributed by atoms with van der Waals surface area (Å²) in [5, 5.41) is 2.87. The maximum Gasteiger partial charge on any atom is 0.223 e. The van der Waals surface area contributed by atoms with Gasteiger partial charge >= 0.3 is 0 Å². The van der Waals surface area contributed by atoms with E-state index in [-0.39, 0.29) is 41.9 Å². The summed E-state index contributed by atoms with van der Waals surface area (Å²) in [7, 11) is 0. The van der Waals surface area contributed by atoms with Gasteiger partial charge in [0.25, 0.3) is 0 Å². The third kappa shape index (κ3) is 5.52. The number of amides is 1. The van der Waals surface area contributed by atoms with E-state index in [1.807, 2.05) is 11.8 Å². The lowest BCUT2D eigenvalue weighted by Gasteiger charge is -2.31. The number of hydrogen-bond donors (Lipinski definition) is 2. The monoisotopic (exact) mass is 382 g/mol. The van der Waals surface area contributed by atoms with Gasteiger partial charge in [0.1, 0.15) is 0 Å². The lowest BCUT2D eigenvalue weighted by atomic mass is 10.3. The number of hydrogen-bond acceptors (Lipinski definition) is 3. The molecule has 19 heavy (non-hydrogen) atoms. The predicted octanol–water partition coefficient (Wildman–Crippen LogP) is 0.166. The lowest BCUT2D eigenvalue weighted by Crippen LogP contribution is -2.48. The predicted molar refractivity (Wildman–Crippen MR) is 84.6 cm³/mol. The average molecular weight is 382 g/mol. The highest BCUT2D eigenvalue weighted by Crippen LogP contribution is 2.28. The SMILES string of the molecule is CC1CN(C(N)=NCCNC(=O)C2CC2)CCO1.I. The second-order valence-electron chi connectivity index (χ2n) is 4.93. The summed E-state index contributed by atoms with van der Waals surface area (Å²) in [5.41, 5.74) is 5.91. The molecule has 7 heteroatoms. The van der Waals surface area contributed by atoms with Gasteiger partial charge in [-0.3, -0.25) is 9.79 Å². The van der Waals surface area contributed by atoms with Crippen molar-refractivity contribution in [3.8, 4) is 0 Å². The van der Waals surface area contributed by atoms with Gasteiger partial charge in [-0.1, -0.05) is 0 Å². The van der Waals surface area contributed by atoms with Crippen LogP contribution in [0.3, 0.4) is 0 Å². The normalized spacial score (nSPS) is 23.7. The molecule has 1 heterocycles. The van der Waals surface area contributed by atoms with Crippen molar-refractivity contribution >= 4 is 35.8 Å². The minimum Gasteiger partial charge on any atom is -0.375 e. The van der Waals surface area contributed by atoms with Crippen LogP contribution in [0, 0.1) is 5.92 Å². The lowest BCUT2D eigenvalue weighted by molar-refractivity contribution is -0.122. The molecular formula is C12H23IN4O2. The maximum atomic E-state index is 11.4. The molecule has 1 atom stereocenters. The minimum absolute atomic E-state index is 0. The zero-order valence-electron chi connectivity index (χ0n) is 11.3. The number of carbonyl (C=O) groups is 1. The second-order valence-corrected chi connectivity index (χ2v) is 4.93. The first-order valence-corrected chi connectivity index (χ1v) is 6.61. The molecule has 0 aromatic rings. The third-order valence-electron chi connectivity index (χ3n) is 3.20. The van der Waals surface area contributed by atoms with Crippen LogP contribution in [0.5, 0.6) is 0 Å². The molecule has 1 aliphatic carbocycles. The highest BCUT2D eigenvalue weighted by atomic mass is 127. The Hall–Kier alpha value is -0.570. The molecule has 0 bridgehead atoms. The van der Waals surface area contributed by atoms with E-state index in [4.69, 9.17) is 10.5 Å². The van der Waals surface area contributed by atoms with E-state index in [1.165, 1.54) is 0 Å². The summed E-state index contributed by atoms with van der Waals surface area (Å²) in [6.07, 6.45) is 2.26. The van der Waals surface area contributed by atoms with Gasteiger partial charge in [-0.2, -0.15) is 0 Å². The summed E-state index contributed by atoms with van der Waals surface area (Å²) in [6, 6.07) is 0. The quantitative estimate of drug-likeness (QED) is 0.314. The second kappa shape index (κ2) is 7.88. The highest BCUT2D eigenvalue weighted by molar-refractivity contribution is 14.0. The van der Waals surface area contributed by atoms with Crippen LogP contribution in [-0.4, -0.2) is 55.7 Å². The van der Waals surface area contributed by atoms with Crippen LogP contribution in [0.4, 0.5) is 0 Å². The van der Waals surface area contributed by atoms with Crippen molar-refractivity contribution in [3.05, 3.63) is 0 Å². The topological polar surface area (TPSA) is 80.0 Å². The fourth-order valence-electron chi connectivity index (χ4n) is 1.97. The number of aliphatic imine (C=N–C) groups is 1. The summed E-state index contributed by atoms with van der Waals surface area (Å²) >= 11 is 0. The van der Waals surface area contributed by atoms with Crippen LogP contribution in [0.15, 0.2) is 4.99 Å². The van der Waals surface area contributed by atoms with E-state index in [0.29, 0.717) is 25.7 Å². The van der Waals surface area contributed by atoms with Crippen molar-refractivity contribution in [3.63, 3.8) is 0 Å². The fraction of sp³-hybridized carbons (Fsp3) is 0.833. The number of carbonyl (C=O) groups excluding carboxylic acids is 1. The minimum atomic E-state index is 0. The molecular weight excluding hydrogens is 359 g/mol. The molecule has 0 spiro atoms. The first-order chi connectivity index (χ1) is 8.66. The van der Waals surface area contributed by atoms with Gasteiger partial charge in [-0.25, -0.2) is 0 Å². The fourth-order valence-corrected chi connectivity index (χ4v) is 1.97. The van der Waals surface area contributed by atoms with Crippen molar-refractivity contribution in [1.29, 1.82) is 0 Å². The Bertz CT molecular complexity index is 334. The number of nitrogens with zero attached hydrogens (tertiary/aromatic N) is 2. The standard InChI is InChI=1S/C12H22N4O2.HI/c1-9-8-16(6-7-18-9)12(13)15-5-4-14-11(17)10-2-3-10;/h9-10H,2-8H2,1H3,(H2,13,15)(H,14,17);1H. The number of morpholine rings is 1. The van der Waals surface area contributed by atoms with Gasteiger partial charge in [-0.15, -0.1) is 24.0 Å². The summed E-state index contributed by atoms with van der Waals surface area (Å²) in [5.74, 6) is 0.959. The van der Waals surface area contributed by atoms with Crippen molar-refractivity contribution in [2.45, 2.75) is 25.9 Å². The zero-order chi connectivity index (χ0) is 13.0. The molecule has 0 radical (unpaired) electrons. The van der Waals surface area contributed by atoms with E-state index in [0.717, 1.165) is 25.9 Å². The van der Waals surface area contributed by atoms with E-state index in [2.05, 4.69) is 10.3 Å². The Morgan fingerprint density at radius 3 is 2.89 bits per heavy atom. The van der Waals surface area contributed by atoms with Gasteiger partial charge in [0.05, 0.1) is 19.3 Å². The van der Waals surface area contributed by atoms with Gasteiger partial charge in [0.2, 0.25) is 5.91 Å². The molecule has 2 fully saturated rings. The Balaban J connectivity index is 0.00000180. The molecule has 1 saturated carbocycles. The number of nitrogens with one attached hydrogen (secondary N) is 1. The molecule has 1 saturated heterocycles. The van der Waals surface area contributed by atoms with Crippen molar-refractivity contribution < 1.29 is 9.53 Å². The van der Waals surface area contributed by atoms with Crippen molar-refractivity contribution in [1.82, 2.24) is 10.2 Å². The molecule has 1 amide bonds. The summed E-state index contributed by atoms with van der Waals surface area (Å²) in [4.78, 5) is 17.7. The third-order valence-corrected chi connectivity index (χ3v) is 3.20. The van der Waals surface area contributed by atoms with Gasteiger partial charge in [0, 0.05) is 25.6 Å². The maximum absolute atomic E-state index is 11.4. The Labute approximate surface area is 131 Å². The highest BCUT2D eigenvalue weighted by Gasteiger charge is 2.28. The Morgan fingerprint density at radius 1 is 1.53 bits per heavy atom. The number of ether oxygens (including phenoxy) is 1. The molecule has 6 nitrogen and oxygen atoms in total. The Kier molecular flexibility index (Phi) is 6.84. The zero-order valence-corrected chi connectivity index (χ0v) is 13.6. The van der Waals surface area contributed by atoms with Gasteiger partial charge < -0.3 is 20.7 Å². The first-order valence-electron chi connectivity index (χ1n) is 6.61. The average Bonchev–Trinajstić information content (AvgIpc) is 3.18. The number of guanidine groups is 1. The van der Waals surface area contributed by atoms with Crippen LogP contribution < -0.4 is 11.1 Å². The van der Waals surface area contributed by atoms with E-state index < -0.39 is 0 Å². The summed E-state index contributed by atoms with van der Waals surface area (Å²) < 4.78 is 5.44. The van der Waals surface area contributed by atoms with E-state index >= 15 is 0 Å². The number of nitrogens with two attached hydrogens (primary N) is 1. The van der Waals surface area contributed by atoms with Gasteiger partial charge in [-0.05, 0) is 19.8 Å². The molecule has 0 aromatic carbocycles. The smallest absolute Gasteiger partial charge is 0.223 e. The van der Waals surface area contributed by atoms with Crippen LogP contribution in [0.25, 0.3) is 0 Å².